The van der Waals surface area contributed by atoms with Gasteiger partial charge in [-0.1, -0.05) is 13.8 Å². The molecule has 0 bridgehead atoms. The maximum Gasteiger partial charge on any atom is 0.0395 e. The van der Waals surface area contributed by atoms with Gasteiger partial charge in [-0.3, -0.25) is 4.99 Å². The minimum absolute atomic E-state index is 0.765. The van der Waals surface area contributed by atoms with Crippen LogP contribution in [0.25, 0.3) is 0 Å². The van der Waals surface area contributed by atoms with E-state index < -0.39 is 0 Å². The Labute approximate surface area is 74.6 Å². The minimum Gasteiger partial charge on any atom is -0.405 e. The Bertz CT molecular complexity index is 192. The molecule has 1 atom stereocenters. The van der Waals surface area contributed by atoms with E-state index in [9.17, 15) is 0 Å². The van der Waals surface area contributed by atoms with E-state index in [1.165, 1.54) is 12.1 Å². The van der Waals surface area contributed by atoms with Crippen molar-refractivity contribution in [1.29, 1.82) is 0 Å². The lowest BCUT2D eigenvalue weighted by molar-refractivity contribution is 0.367. The molecular weight excluding hydrogens is 148 g/mol. The van der Waals surface area contributed by atoms with Gasteiger partial charge in [-0.05, 0) is 37.0 Å². The Balaban J connectivity index is 2.53. The molecule has 1 rings (SSSR count). The molecule has 2 heteroatoms. The van der Waals surface area contributed by atoms with E-state index in [1.807, 2.05) is 6.08 Å². The van der Waals surface area contributed by atoms with Crippen LogP contribution in [-0.2, 0) is 0 Å². The summed E-state index contributed by atoms with van der Waals surface area (Å²) in [5.74, 6) is 1.57. The molecule has 1 unspecified atom stereocenters. The summed E-state index contributed by atoms with van der Waals surface area (Å²) in [5, 5.41) is 0. The molecule has 0 fully saturated rings. The number of rotatable bonds is 2. The highest BCUT2D eigenvalue weighted by atomic mass is 14.7. The largest absolute Gasteiger partial charge is 0.405 e. The van der Waals surface area contributed by atoms with E-state index >= 15 is 0 Å². The fraction of sp³-hybridized carbons (Fsp3) is 0.700. The highest BCUT2D eigenvalue weighted by Gasteiger charge is 2.17. The molecule has 68 valence electrons. The summed E-state index contributed by atoms with van der Waals surface area (Å²) in [6, 6.07) is 0. The molecule has 0 aromatic heterocycles. The van der Waals surface area contributed by atoms with Crippen LogP contribution >= 0.6 is 0 Å². The Morgan fingerprint density at radius 2 is 2.33 bits per heavy atom. The highest BCUT2D eigenvalue weighted by molar-refractivity contribution is 5.95. The summed E-state index contributed by atoms with van der Waals surface area (Å²) >= 11 is 0. The Kier molecular flexibility index (Phi) is 3.32. The average Bonchev–Trinajstić information content (AvgIpc) is 2.05. The second-order valence-electron chi connectivity index (χ2n) is 3.73. The lowest BCUT2D eigenvalue weighted by Gasteiger charge is -2.23. The Hall–Kier alpha value is -0.790. The van der Waals surface area contributed by atoms with Gasteiger partial charge in [0.25, 0.3) is 0 Å². The Morgan fingerprint density at radius 1 is 1.58 bits per heavy atom. The third-order valence-electron chi connectivity index (χ3n) is 2.52. The molecule has 0 spiro atoms. The summed E-state index contributed by atoms with van der Waals surface area (Å²) in [6.07, 6.45) is 5.85. The minimum atomic E-state index is 0.765. The molecule has 0 radical (unpaired) electrons. The molecule has 12 heavy (non-hydrogen) atoms. The molecule has 1 aliphatic rings. The van der Waals surface area contributed by atoms with Gasteiger partial charge in [0.2, 0.25) is 0 Å². The molecule has 0 saturated carbocycles. The van der Waals surface area contributed by atoms with Gasteiger partial charge in [0.05, 0.1) is 0 Å². The molecule has 0 aromatic carbocycles. The molecule has 0 saturated heterocycles. The highest BCUT2D eigenvalue weighted by Crippen LogP contribution is 2.23. The molecule has 0 aromatic rings. The zero-order chi connectivity index (χ0) is 8.97. The van der Waals surface area contributed by atoms with Gasteiger partial charge >= 0.3 is 0 Å². The van der Waals surface area contributed by atoms with E-state index in [0.717, 1.165) is 24.8 Å². The van der Waals surface area contributed by atoms with E-state index in [2.05, 4.69) is 18.8 Å². The molecule has 2 nitrogen and oxygen atoms in total. The van der Waals surface area contributed by atoms with Crippen molar-refractivity contribution < 1.29 is 0 Å². The van der Waals surface area contributed by atoms with E-state index in [0.29, 0.717) is 0 Å². The van der Waals surface area contributed by atoms with Crippen molar-refractivity contribution >= 4 is 5.71 Å². The molecule has 0 amide bonds. The fourth-order valence-electron chi connectivity index (χ4n) is 1.61. The third-order valence-corrected chi connectivity index (χ3v) is 2.52. The average molecular weight is 166 g/mol. The zero-order valence-electron chi connectivity index (χ0n) is 7.96. The number of hydrogen-bond acceptors (Lipinski definition) is 2. The van der Waals surface area contributed by atoms with E-state index in [1.54, 1.807) is 6.20 Å². The summed E-state index contributed by atoms with van der Waals surface area (Å²) in [5.41, 5.74) is 6.49. The second kappa shape index (κ2) is 4.29. The smallest absolute Gasteiger partial charge is 0.0395 e. The van der Waals surface area contributed by atoms with Crippen molar-refractivity contribution in [2.45, 2.75) is 26.7 Å². The van der Waals surface area contributed by atoms with Crippen LogP contribution in [0.4, 0.5) is 0 Å². The number of nitrogens with two attached hydrogens (primary N) is 1. The summed E-state index contributed by atoms with van der Waals surface area (Å²) in [4.78, 5) is 4.40. The van der Waals surface area contributed by atoms with Crippen molar-refractivity contribution in [2.24, 2.45) is 22.6 Å². The standard InChI is InChI=1S/C10H18N2/c1-8(2)9-4-6-12-10(7-9)3-5-11/h3,5,8-9H,4,6-7,11H2,1-2H3/b5-3-. The van der Waals surface area contributed by atoms with E-state index in [-0.39, 0.29) is 0 Å². The van der Waals surface area contributed by atoms with Gasteiger partial charge in [-0.15, -0.1) is 0 Å². The van der Waals surface area contributed by atoms with Crippen LogP contribution in [0.15, 0.2) is 17.3 Å². The van der Waals surface area contributed by atoms with Crippen LogP contribution in [0, 0.1) is 11.8 Å². The fourth-order valence-corrected chi connectivity index (χ4v) is 1.61. The van der Waals surface area contributed by atoms with Gasteiger partial charge in [0, 0.05) is 12.3 Å². The van der Waals surface area contributed by atoms with Crippen LogP contribution in [0.5, 0.6) is 0 Å². The first-order valence-electron chi connectivity index (χ1n) is 4.65. The van der Waals surface area contributed by atoms with Gasteiger partial charge in [-0.25, -0.2) is 0 Å². The van der Waals surface area contributed by atoms with Crippen LogP contribution in [0.3, 0.4) is 0 Å². The van der Waals surface area contributed by atoms with Crippen molar-refractivity contribution in [1.82, 2.24) is 0 Å². The SMILES string of the molecule is CC(C)C1CCN=C(/C=C\N)C1. The van der Waals surface area contributed by atoms with Crippen LogP contribution < -0.4 is 5.73 Å². The maximum atomic E-state index is 5.32. The predicted molar refractivity (Wildman–Crippen MR) is 53.2 cm³/mol. The van der Waals surface area contributed by atoms with Crippen molar-refractivity contribution in [2.75, 3.05) is 6.54 Å². The summed E-state index contributed by atoms with van der Waals surface area (Å²) in [6.45, 7) is 5.53. The summed E-state index contributed by atoms with van der Waals surface area (Å²) < 4.78 is 0. The second-order valence-corrected chi connectivity index (χ2v) is 3.73. The third kappa shape index (κ3) is 2.36. The topological polar surface area (TPSA) is 38.4 Å². The first kappa shape index (κ1) is 9.30. The quantitative estimate of drug-likeness (QED) is 0.669. The maximum absolute atomic E-state index is 5.32. The molecule has 1 aliphatic heterocycles. The van der Waals surface area contributed by atoms with Crippen LogP contribution in [-0.4, -0.2) is 12.3 Å². The first-order chi connectivity index (χ1) is 5.74. The molecule has 1 heterocycles. The number of hydrogen-bond donors (Lipinski definition) is 1. The Morgan fingerprint density at radius 3 is 2.92 bits per heavy atom. The molecule has 0 aliphatic carbocycles. The number of aliphatic imine (C=N–C) groups is 1. The molecule has 2 N–H and O–H groups in total. The number of allylic oxidation sites excluding steroid dienone is 1. The monoisotopic (exact) mass is 166 g/mol. The van der Waals surface area contributed by atoms with Gasteiger partial charge in [0.15, 0.2) is 0 Å². The lowest BCUT2D eigenvalue weighted by atomic mass is 9.86. The van der Waals surface area contributed by atoms with Gasteiger partial charge < -0.3 is 5.73 Å². The van der Waals surface area contributed by atoms with Crippen LogP contribution in [0.1, 0.15) is 26.7 Å². The van der Waals surface area contributed by atoms with E-state index in [4.69, 9.17) is 5.73 Å². The molecular formula is C10H18N2. The van der Waals surface area contributed by atoms with Crippen molar-refractivity contribution in [3.05, 3.63) is 12.3 Å². The predicted octanol–water partition coefficient (Wildman–Crippen LogP) is 1.97. The first-order valence-corrected chi connectivity index (χ1v) is 4.65. The van der Waals surface area contributed by atoms with Crippen LogP contribution in [0.2, 0.25) is 0 Å². The van der Waals surface area contributed by atoms with Gasteiger partial charge in [-0.2, -0.15) is 0 Å². The number of nitrogens with zero attached hydrogens (tertiary/aromatic N) is 1. The lowest BCUT2D eigenvalue weighted by Crippen LogP contribution is -2.19. The normalized spacial score (nSPS) is 24.9. The van der Waals surface area contributed by atoms with Crippen molar-refractivity contribution in [3.63, 3.8) is 0 Å². The van der Waals surface area contributed by atoms with Gasteiger partial charge in [0.1, 0.15) is 0 Å². The van der Waals surface area contributed by atoms with Crippen molar-refractivity contribution in [3.8, 4) is 0 Å². The summed E-state index contributed by atoms with van der Waals surface area (Å²) in [7, 11) is 0. The zero-order valence-corrected chi connectivity index (χ0v) is 7.96.